The molecular weight excluding hydrogens is 403 g/mol. The molecule has 142 valence electrons. The molecule has 0 radical (unpaired) electrons. The zero-order valence-corrected chi connectivity index (χ0v) is 15.9. The number of hydrogen-bond acceptors (Lipinski definition) is 4. The summed E-state index contributed by atoms with van der Waals surface area (Å²) in [6, 6.07) is 18.4. The Morgan fingerprint density at radius 1 is 1.04 bits per heavy atom. The first-order chi connectivity index (χ1) is 13.4. The molecule has 3 rings (SSSR count). The van der Waals surface area contributed by atoms with Crippen molar-refractivity contribution < 1.29 is 14.5 Å². The molecule has 6 nitrogen and oxygen atoms in total. The van der Waals surface area contributed by atoms with Crippen molar-refractivity contribution in [2.75, 3.05) is 5.32 Å². The van der Waals surface area contributed by atoms with Crippen LogP contribution in [0, 0.1) is 10.1 Å². The van der Waals surface area contributed by atoms with Crippen LogP contribution in [0.5, 0.6) is 5.75 Å². The second-order valence-corrected chi connectivity index (χ2v) is 6.69. The summed E-state index contributed by atoms with van der Waals surface area (Å²) in [7, 11) is 0. The minimum Gasteiger partial charge on any atom is -0.410 e. The van der Waals surface area contributed by atoms with E-state index >= 15 is 0 Å². The fourth-order valence-corrected chi connectivity index (χ4v) is 2.97. The lowest BCUT2D eigenvalue weighted by atomic mass is 10.0. The fourth-order valence-electron chi connectivity index (χ4n) is 2.56. The van der Waals surface area contributed by atoms with Crippen LogP contribution >= 0.6 is 23.2 Å². The minimum absolute atomic E-state index is 0.0340. The Morgan fingerprint density at radius 3 is 2.46 bits per heavy atom. The first kappa shape index (κ1) is 19.7. The molecule has 0 aliphatic rings. The number of rotatable bonds is 5. The van der Waals surface area contributed by atoms with Crippen molar-refractivity contribution in [1.29, 1.82) is 0 Å². The van der Waals surface area contributed by atoms with Crippen LogP contribution in [-0.2, 0) is 6.42 Å². The van der Waals surface area contributed by atoms with Crippen LogP contribution in [0.3, 0.4) is 0 Å². The number of benzene rings is 3. The number of carbonyl (C=O) groups is 1. The molecule has 8 heteroatoms. The summed E-state index contributed by atoms with van der Waals surface area (Å²) in [5, 5.41) is 13.8. The van der Waals surface area contributed by atoms with E-state index in [1.807, 2.05) is 30.3 Å². The van der Waals surface area contributed by atoms with Crippen molar-refractivity contribution in [3.63, 3.8) is 0 Å². The van der Waals surface area contributed by atoms with E-state index in [0.29, 0.717) is 17.2 Å². The number of nitrogens with one attached hydrogen (secondary N) is 1. The van der Waals surface area contributed by atoms with Crippen molar-refractivity contribution >= 4 is 40.7 Å². The second-order valence-electron chi connectivity index (χ2n) is 5.85. The molecule has 0 unspecified atom stereocenters. The molecule has 0 bridgehead atoms. The summed E-state index contributed by atoms with van der Waals surface area (Å²) in [5.74, 6) is 0.351. The number of anilines is 1. The number of hydrogen-bond donors (Lipinski definition) is 1. The van der Waals surface area contributed by atoms with Gasteiger partial charge in [0, 0.05) is 29.1 Å². The fraction of sp³-hybridized carbons (Fsp3) is 0.0500. The van der Waals surface area contributed by atoms with Gasteiger partial charge in [-0.3, -0.25) is 15.4 Å². The molecule has 0 aromatic heterocycles. The van der Waals surface area contributed by atoms with E-state index in [2.05, 4.69) is 5.32 Å². The highest BCUT2D eigenvalue weighted by Gasteiger charge is 2.14. The zero-order chi connectivity index (χ0) is 20.1. The van der Waals surface area contributed by atoms with Gasteiger partial charge >= 0.3 is 6.09 Å². The number of nitro groups is 1. The number of nitrogens with zero attached hydrogens (tertiary/aromatic N) is 1. The SMILES string of the molecule is O=C(Nc1ccc([N+](=O)[O-])cc1Cl)Oc1ccc(Cl)cc1Cc1ccccc1. The van der Waals surface area contributed by atoms with Gasteiger partial charge in [0.2, 0.25) is 0 Å². The lowest BCUT2D eigenvalue weighted by Gasteiger charge is -2.12. The smallest absolute Gasteiger partial charge is 0.410 e. The van der Waals surface area contributed by atoms with E-state index in [1.165, 1.54) is 12.1 Å². The van der Waals surface area contributed by atoms with Crippen molar-refractivity contribution in [3.8, 4) is 5.75 Å². The Morgan fingerprint density at radius 2 is 1.79 bits per heavy atom. The summed E-state index contributed by atoms with van der Waals surface area (Å²) in [6.07, 6.45) is -0.241. The Labute approximate surface area is 170 Å². The van der Waals surface area contributed by atoms with Gasteiger partial charge in [-0.2, -0.15) is 0 Å². The Balaban J connectivity index is 1.76. The number of non-ortho nitro benzene ring substituents is 1. The normalized spacial score (nSPS) is 10.4. The molecule has 0 saturated heterocycles. The number of amides is 1. The summed E-state index contributed by atoms with van der Waals surface area (Å²) >= 11 is 12.1. The third-order valence-corrected chi connectivity index (χ3v) is 4.41. The maximum Gasteiger partial charge on any atom is 0.417 e. The van der Waals surface area contributed by atoms with Gasteiger partial charge in [-0.05, 0) is 29.8 Å². The lowest BCUT2D eigenvalue weighted by Crippen LogP contribution is -2.18. The predicted octanol–water partition coefficient (Wildman–Crippen LogP) is 6.10. The topological polar surface area (TPSA) is 81.5 Å². The molecule has 1 amide bonds. The number of carbonyl (C=O) groups excluding carboxylic acids is 1. The van der Waals surface area contributed by atoms with Crippen LogP contribution < -0.4 is 10.1 Å². The van der Waals surface area contributed by atoms with Gasteiger partial charge in [0.15, 0.2) is 0 Å². The van der Waals surface area contributed by atoms with Crippen molar-refractivity contribution in [1.82, 2.24) is 0 Å². The monoisotopic (exact) mass is 416 g/mol. The van der Waals surface area contributed by atoms with Gasteiger partial charge in [-0.1, -0.05) is 53.5 Å². The average Bonchev–Trinajstić information content (AvgIpc) is 2.66. The summed E-state index contributed by atoms with van der Waals surface area (Å²) in [5.41, 5.74) is 1.81. The molecule has 1 N–H and O–H groups in total. The van der Waals surface area contributed by atoms with Gasteiger partial charge in [0.05, 0.1) is 15.6 Å². The molecule has 0 aliphatic carbocycles. The van der Waals surface area contributed by atoms with Gasteiger partial charge in [-0.25, -0.2) is 4.79 Å². The van der Waals surface area contributed by atoms with Crippen LogP contribution in [0.1, 0.15) is 11.1 Å². The van der Waals surface area contributed by atoms with Crippen LogP contribution in [0.15, 0.2) is 66.7 Å². The maximum absolute atomic E-state index is 12.3. The van der Waals surface area contributed by atoms with Crippen LogP contribution in [0.25, 0.3) is 0 Å². The highest BCUT2D eigenvalue weighted by atomic mass is 35.5. The minimum atomic E-state index is -0.771. The Kier molecular flexibility index (Phi) is 6.13. The van der Waals surface area contributed by atoms with E-state index in [-0.39, 0.29) is 16.4 Å². The summed E-state index contributed by atoms with van der Waals surface area (Å²) < 4.78 is 5.41. The van der Waals surface area contributed by atoms with Crippen molar-refractivity contribution in [3.05, 3.63) is 98.0 Å². The van der Waals surface area contributed by atoms with E-state index in [4.69, 9.17) is 27.9 Å². The van der Waals surface area contributed by atoms with Crippen LogP contribution in [-0.4, -0.2) is 11.0 Å². The van der Waals surface area contributed by atoms with Crippen molar-refractivity contribution in [2.24, 2.45) is 0 Å². The molecule has 3 aromatic rings. The van der Waals surface area contributed by atoms with E-state index in [1.54, 1.807) is 18.2 Å². The van der Waals surface area contributed by atoms with Crippen LogP contribution in [0.2, 0.25) is 10.0 Å². The third kappa shape index (κ3) is 5.00. The van der Waals surface area contributed by atoms with Gasteiger partial charge in [0.25, 0.3) is 5.69 Å². The molecular formula is C20H14Cl2N2O4. The zero-order valence-electron chi connectivity index (χ0n) is 14.4. The first-order valence-corrected chi connectivity index (χ1v) is 8.93. The van der Waals surface area contributed by atoms with Crippen LogP contribution in [0.4, 0.5) is 16.2 Å². The molecule has 0 atom stereocenters. The average molecular weight is 417 g/mol. The molecule has 0 saturated carbocycles. The Bertz CT molecular complexity index is 1030. The summed E-state index contributed by atoms with van der Waals surface area (Å²) in [6.45, 7) is 0. The predicted molar refractivity (Wildman–Crippen MR) is 108 cm³/mol. The summed E-state index contributed by atoms with van der Waals surface area (Å²) in [4.78, 5) is 22.5. The highest BCUT2D eigenvalue weighted by Crippen LogP contribution is 2.28. The van der Waals surface area contributed by atoms with Crippen molar-refractivity contribution in [2.45, 2.75) is 6.42 Å². The first-order valence-electron chi connectivity index (χ1n) is 8.17. The standard InChI is InChI=1S/C20H14Cl2N2O4/c21-15-6-9-19(14(11-15)10-13-4-2-1-3-5-13)28-20(25)23-18-8-7-16(24(26)27)12-17(18)22/h1-9,11-12H,10H2,(H,23,25). The molecule has 28 heavy (non-hydrogen) atoms. The molecule has 0 fully saturated rings. The number of ether oxygens (including phenoxy) is 1. The molecule has 3 aromatic carbocycles. The maximum atomic E-state index is 12.3. The largest absolute Gasteiger partial charge is 0.417 e. The van der Waals surface area contributed by atoms with Gasteiger partial charge < -0.3 is 4.74 Å². The molecule has 0 spiro atoms. The van der Waals surface area contributed by atoms with E-state index < -0.39 is 11.0 Å². The number of halogens is 2. The number of nitro benzene ring substituents is 1. The van der Waals surface area contributed by atoms with Gasteiger partial charge in [0.1, 0.15) is 5.75 Å². The quantitative estimate of drug-likeness (QED) is 0.402. The highest BCUT2D eigenvalue weighted by molar-refractivity contribution is 6.33. The molecule has 0 heterocycles. The van der Waals surface area contributed by atoms with E-state index in [9.17, 15) is 14.9 Å². The third-order valence-electron chi connectivity index (χ3n) is 3.86. The molecule has 0 aliphatic heterocycles. The van der Waals surface area contributed by atoms with E-state index in [0.717, 1.165) is 17.2 Å². The van der Waals surface area contributed by atoms with Gasteiger partial charge in [-0.15, -0.1) is 0 Å². The lowest BCUT2D eigenvalue weighted by molar-refractivity contribution is -0.384. The second kappa shape index (κ2) is 8.73. The Hall–Kier alpha value is -3.09.